The van der Waals surface area contributed by atoms with Gasteiger partial charge in [0, 0.05) is 20.1 Å². The molecule has 12 N–H and O–H groups in total. The number of ether oxygens (including phenoxy) is 6. The molecule has 0 aromatic carbocycles. The fourth-order valence-corrected chi connectivity index (χ4v) is 5.94. The van der Waals surface area contributed by atoms with Gasteiger partial charge in [0.15, 0.2) is 24.7 Å². The number of aliphatic hydroxyl groups excluding tert-OH is 9. The Morgan fingerprint density at radius 2 is 1.58 bits per heavy atom. The van der Waals surface area contributed by atoms with Crippen molar-refractivity contribution in [1.29, 1.82) is 0 Å². The Labute approximate surface area is 260 Å². The van der Waals surface area contributed by atoms with Crippen molar-refractivity contribution in [2.24, 2.45) is 11.8 Å². The van der Waals surface area contributed by atoms with E-state index in [-0.39, 0.29) is 45.5 Å². The molecule has 14 unspecified atom stereocenters. The average Bonchev–Trinajstić information content (AvgIpc) is 3.16. The first-order valence-corrected chi connectivity index (χ1v) is 15.0. The van der Waals surface area contributed by atoms with Crippen molar-refractivity contribution < 1.29 is 84.6 Å². The summed E-state index contributed by atoms with van der Waals surface area (Å²) in [6.07, 6.45) is -11.6. The molecule has 2 aliphatic heterocycles. The van der Waals surface area contributed by atoms with E-state index in [4.69, 9.17) is 33.5 Å². The summed E-state index contributed by atoms with van der Waals surface area (Å²) >= 11 is 0. The van der Waals surface area contributed by atoms with Crippen LogP contribution < -0.4 is 5.32 Å². The van der Waals surface area contributed by atoms with E-state index in [1.165, 1.54) is 14.2 Å². The summed E-state index contributed by atoms with van der Waals surface area (Å²) in [7, 11) is 2.79. The smallest absolute Gasteiger partial charge is 0.186 e. The van der Waals surface area contributed by atoms with Crippen molar-refractivity contribution >= 4 is 0 Å². The van der Waals surface area contributed by atoms with Crippen molar-refractivity contribution in [1.82, 2.24) is 5.32 Å². The Kier molecular flexibility index (Phi) is 14.3. The van der Waals surface area contributed by atoms with Gasteiger partial charge in [0.25, 0.3) is 0 Å². The normalized spacial score (nSPS) is 39.9. The van der Waals surface area contributed by atoms with Crippen LogP contribution in [0.2, 0.25) is 0 Å². The molecule has 18 nitrogen and oxygen atoms in total. The average molecular weight is 662 g/mol. The van der Waals surface area contributed by atoms with Gasteiger partial charge in [-0.1, -0.05) is 0 Å². The summed E-state index contributed by atoms with van der Waals surface area (Å²) in [6, 6.07) is 0. The van der Waals surface area contributed by atoms with E-state index in [0.29, 0.717) is 0 Å². The quantitative estimate of drug-likeness (QED) is 0.0541. The number of methoxy groups -OCH3 is 1. The SMILES string of the molecule is CNC(COC(OC)C(O)CCC(O)CCO)(COC1OC(CO)CC(O)(CO)C1O)COC1OC2(O)C(CO)C(O)C(O)C12. The fourth-order valence-electron chi connectivity index (χ4n) is 5.94. The van der Waals surface area contributed by atoms with Gasteiger partial charge in [-0.05, 0) is 26.3 Å². The van der Waals surface area contributed by atoms with Crippen LogP contribution in [0.15, 0.2) is 0 Å². The Bertz CT molecular complexity index is 892. The molecule has 14 atom stereocenters. The lowest BCUT2D eigenvalue weighted by Gasteiger charge is -2.50. The number of aliphatic hydroxyl groups is 11. The maximum absolute atomic E-state index is 10.8. The van der Waals surface area contributed by atoms with E-state index in [2.05, 4.69) is 5.32 Å². The third kappa shape index (κ3) is 8.48. The highest BCUT2D eigenvalue weighted by Gasteiger charge is 2.71. The zero-order chi connectivity index (χ0) is 33.6. The van der Waals surface area contributed by atoms with Crippen molar-refractivity contribution in [2.75, 3.05) is 60.4 Å². The van der Waals surface area contributed by atoms with E-state index in [0.717, 1.165) is 0 Å². The molecule has 0 aromatic rings. The third-order valence-electron chi connectivity index (χ3n) is 9.03. The van der Waals surface area contributed by atoms with E-state index in [9.17, 15) is 51.1 Å². The van der Waals surface area contributed by atoms with Gasteiger partial charge in [-0.25, -0.2) is 0 Å². The van der Waals surface area contributed by atoms with Crippen LogP contribution in [0.4, 0.5) is 0 Å². The predicted molar refractivity (Wildman–Crippen MR) is 148 cm³/mol. The van der Waals surface area contributed by atoms with Crippen LogP contribution >= 0.6 is 0 Å². The van der Waals surface area contributed by atoms with Gasteiger partial charge in [0.1, 0.15) is 17.8 Å². The van der Waals surface area contributed by atoms with Crippen molar-refractivity contribution in [3.8, 4) is 0 Å². The highest BCUT2D eigenvalue weighted by molar-refractivity contribution is 5.10. The minimum Gasteiger partial charge on any atom is -0.396 e. The molecule has 0 spiro atoms. The maximum atomic E-state index is 10.8. The minimum atomic E-state index is -2.04. The second-order valence-electron chi connectivity index (χ2n) is 12.1. The maximum Gasteiger partial charge on any atom is 0.186 e. The number of hydrogen-bond acceptors (Lipinski definition) is 18. The van der Waals surface area contributed by atoms with Crippen LogP contribution in [0.3, 0.4) is 0 Å². The molecular formula is C27H51NO17. The number of hydrogen-bond donors (Lipinski definition) is 12. The van der Waals surface area contributed by atoms with Crippen molar-refractivity contribution in [3.05, 3.63) is 0 Å². The van der Waals surface area contributed by atoms with Crippen LogP contribution in [0.25, 0.3) is 0 Å². The summed E-state index contributed by atoms with van der Waals surface area (Å²) in [6.45, 7) is -3.31. The van der Waals surface area contributed by atoms with Crippen LogP contribution in [0, 0.1) is 11.8 Å². The monoisotopic (exact) mass is 661 g/mol. The lowest BCUT2D eigenvalue weighted by Crippen LogP contribution is -2.66. The van der Waals surface area contributed by atoms with E-state index in [1.807, 2.05) is 0 Å². The van der Waals surface area contributed by atoms with E-state index in [1.54, 1.807) is 0 Å². The largest absolute Gasteiger partial charge is 0.396 e. The van der Waals surface area contributed by atoms with Gasteiger partial charge < -0.3 is 89.9 Å². The number of likely N-dealkylation sites (N-methyl/N-ethyl adjacent to an activating group) is 1. The Hall–Kier alpha value is -0.720. The summed E-state index contributed by atoms with van der Waals surface area (Å²) in [5, 5.41) is 114. The first-order valence-electron chi connectivity index (χ1n) is 15.0. The highest BCUT2D eigenvalue weighted by atomic mass is 16.8. The fraction of sp³-hybridized carbons (Fsp3) is 1.00. The summed E-state index contributed by atoms with van der Waals surface area (Å²) in [5.41, 5.74) is -3.42. The molecule has 1 saturated carbocycles. The molecular weight excluding hydrogens is 610 g/mol. The zero-order valence-corrected chi connectivity index (χ0v) is 25.5. The molecule has 266 valence electrons. The van der Waals surface area contributed by atoms with E-state index < -0.39 is 111 Å². The Morgan fingerprint density at radius 1 is 0.911 bits per heavy atom. The van der Waals surface area contributed by atoms with Crippen molar-refractivity contribution in [2.45, 2.75) is 98.1 Å². The summed E-state index contributed by atoms with van der Waals surface area (Å²) < 4.78 is 33.9. The first-order chi connectivity index (χ1) is 21.3. The molecule has 18 heteroatoms. The molecule has 2 heterocycles. The van der Waals surface area contributed by atoms with Gasteiger partial charge in [0.05, 0.1) is 81.4 Å². The molecule has 0 radical (unpaired) electrons. The highest BCUT2D eigenvalue weighted by Crippen LogP contribution is 2.53. The predicted octanol–water partition coefficient (Wildman–Crippen LogP) is -5.95. The van der Waals surface area contributed by atoms with Gasteiger partial charge in [0.2, 0.25) is 0 Å². The zero-order valence-electron chi connectivity index (χ0n) is 25.5. The molecule has 0 aromatic heterocycles. The number of rotatable bonds is 20. The van der Waals surface area contributed by atoms with Crippen LogP contribution in [0.5, 0.6) is 0 Å². The Morgan fingerprint density at radius 3 is 2.13 bits per heavy atom. The molecule has 0 bridgehead atoms. The number of nitrogens with one attached hydrogen (secondary N) is 1. The van der Waals surface area contributed by atoms with Crippen molar-refractivity contribution in [3.63, 3.8) is 0 Å². The standard InChI is InChI=1S/C27H51NO17/c1-28-25(11-41-22(40-2)17(34)4-3-14(33)5-6-29,13-43-24-21(37)26(38,10-32)7-15(8-30)44-24)12-42-23-18-20(36)19(35)16(9-31)27(18,39)45-23/h14-24,28-39H,3-13H2,1-2H3. The summed E-state index contributed by atoms with van der Waals surface area (Å²) in [5.74, 6) is -4.33. The second kappa shape index (κ2) is 16.6. The van der Waals surface area contributed by atoms with Gasteiger partial charge in [-0.2, -0.15) is 0 Å². The van der Waals surface area contributed by atoms with E-state index >= 15 is 0 Å². The molecule has 3 fully saturated rings. The third-order valence-corrected chi connectivity index (χ3v) is 9.03. The molecule has 3 aliphatic rings. The van der Waals surface area contributed by atoms with Gasteiger partial charge >= 0.3 is 0 Å². The Balaban J connectivity index is 1.75. The first kappa shape index (κ1) is 38.7. The van der Waals surface area contributed by atoms with Crippen LogP contribution in [-0.4, -0.2) is 189 Å². The van der Waals surface area contributed by atoms with Crippen LogP contribution in [0.1, 0.15) is 25.7 Å². The number of fused-ring (bicyclic) bond motifs is 1. The molecule has 2 saturated heterocycles. The van der Waals surface area contributed by atoms with Crippen LogP contribution in [-0.2, 0) is 28.4 Å². The topological polar surface area (TPSA) is 290 Å². The van der Waals surface area contributed by atoms with Gasteiger partial charge in [-0.3, -0.25) is 0 Å². The summed E-state index contributed by atoms with van der Waals surface area (Å²) in [4.78, 5) is 0. The lowest BCUT2D eigenvalue weighted by molar-refractivity contribution is -0.440. The minimum absolute atomic E-state index is 0.0615. The molecule has 0 amide bonds. The van der Waals surface area contributed by atoms with Gasteiger partial charge in [-0.15, -0.1) is 0 Å². The molecule has 1 aliphatic carbocycles. The lowest BCUT2D eigenvalue weighted by atomic mass is 9.87. The second-order valence-corrected chi connectivity index (χ2v) is 12.1. The molecule has 45 heavy (non-hydrogen) atoms. The molecule has 3 rings (SSSR count).